The van der Waals surface area contributed by atoms with Crippen LogP contribution in [0.4, 0.5) is 11.5 Å². The summed E-state index contributed by atoms with van der Waals surface area (Å²) in [6.45, 7) is 7.79. The van der Waals surface area contributed by atoms with Crippen molar-refractivity contribution in [1.29, 1.82) is 0 Å². The van der Waals surface area contributed by atoms with Crippen LogP contribution in [0, 0.1) is 5.92 Å². The largest absolute Gasteiger partial charge is 0.385 e. The van der Waals surface area contributed by atoms with Gasteiger partial charge < -0.3 is 10.6 Å². The van der Waals surface area contributed by atoms with E-state index in [1.165, 1.54) is 10.3 Å². The molecule has 0 saturated carbocycles. The van der Waals surface area contributed by atoms with E-state index >= 15 is 0 Å². The molecule has 7 heteroatoms. The zero-order valence-corrected chi connectivity index (χ0v) is 19.6. The first-order chi connectivity index (χ1) is 15.9. The van der Waals surface area contributed by atoms with Crippen LogP contribution in [0.2, 0.25) is 0 Å². The van der Waals surface area contributed by atoms with Crippen LogP contribution < -0.4 is 21.9 Å². The third-order valence-electron chi connectivity index (χ3n) is 6.36. The maximum atomic E-state index is 13.4. The molecule has 3 aromatic rings. The van der Waals surface area contributed by atoms with Crippen molar-refractivity contribution in [3.05, 3.63) is 92.6 Å². The first kappa shape index (κ1) is 22.9. The Kier molecular flexibility index (Phi) is 6.70. The van der Waals surface area contributed by atoms with Crippen LogP contribution in [0.5, 0.6) is 0 Å². The lowest BCUT2D eigenvalue weighted by Gasteiger charge is -2.40. The van der Waals surface area contributed by atoms with Crippen LogP contribution in [-0.2, 0) is 13.6 Å². The average Bonchev–Trinajstić information content (AvgIpc) is 2.84. The van der Waals surface area contributed by atoms with E-state index in [0.717, 1.165) is 31.7 Å². The number of para-hydroxylation sites is 1. The Morgan fingerprint density at radius 1 is 0.879 bits per heavy atom. The third-order valence-corrected chi connectivity index (χ3v) is 6.36. The maximum absolute atomic E-state index is 13.4. The van der Waals surface area contributed by atoms with Crippen molar-refractivity contribution in [3.8, 4) is 0 Å². The van der Waals surface area contributed by atoms with Gasteiger partial charge in [-0.3, -0.25) is 18.8 Å². The van der Waals surface area contributed by atoms with E-state index in [2.05, 4.69) is 34.1 Å². The van der Waals surface area contributed by atoms with Gasteiger partial charge in [-0.25, -0.2) is 4.79 Å². The molecule has 1 aliphatic heterocycles. The van der Waals surface area contributed by atoms with Crippen LogP contribution in [0.25, 0.3) is 0 Å². The molecule has 1 aromatic heterocycles. The van der Waals surface area contributed by atoms with Gasteiger partial charge in [-0.1, -0.05) is 62.4 Å². The molecule has 174 valence electrons. The summed E-state index contributed by atoms with van der Waals surface area (Å²) in [7, 11) is 1.54. The van der Waals surface area contributed by atoms with Crippen molar-refractivity contribution in [2.24, 2.45) is 13.0 Å². The van der Waals surface area contributed by atoms with Crippen LogP contribution >= 0.6 is 0 Å². The van der Waals surface area contributed by atoms with E-state index in [1.54, 1.807) is 11.6 Å². The Hall–Kier alpha value is -3.32. The van der Waals surface area contributed by atoms with Crippen LogP contribution in [0.15, 0.2) is 70.3 Å². The van der Waals surface area contributed by atoms with E-state index in [0.29, 0.717) is 12.1 Å². The van der Waals surface area contributed by atoms with Gasteiger partial charge in [0, 0.05) is 45.5 Å². The Balaban J connectivity index is 1.77. The average molecular weight is 448 g/mol. The molecular weight excluding hydrogens is 414 g/mol. The highest BCUT2D eigenvalue weighted by Crippen LogP contribution is 2.31. The van der Waals surface area contributed by atoms with Gasteiger partial charge in [0.1, 0.15) is 5.82 Å². The maximum Gasteiger partial charge on any atom is 0.332 e. The lowest BCUT2D eigenvalue weighted by Crippen LogP contribution is -2.50. The summed E-state index contributed by atoms with van der Waals surface area (Å²) in [5, 5.41) is 0. The number of rotatable bonds is 6. The molecule has 7 nitrogen and oxygen atoms in total. The Labute approximate surface area is 194 Å². The minimum atomic E-state index is -0.365. The predicted octanol–water partition coefficient (Wildman–Crippen LogP) is 2.70. The molecule has 0 radical (unpaired) electrons. The number of nitrogens with zero attached hydrogens (tertiary/aromatic N) is 4. The first-order valence-electron chi connectivity index (χ1n) is 11.6. The first-order valence-corrected chi connectivity index (χ1v) is 11.6. The quantitative estimate of drug-likeness (QED) is 0.629. The summed E-state index contributed by atoms with van der Waals surface area (Å²) < 4.78 is 2.75. The second kappa shape index (κ2) is 9.67. The molecule has 4 rings (SSSR count). The summed E-state index contributed by atoms with van der Waals surface area (Å²) in [6.07, 6.45) is 0. The standard InChI is InChI=1S/C26H33N5O2/c1-19(2)18-31-24(27)22(25(32)28(3)26(31)33)23(20-10-6-4-7-11-20)30-16-14-29(15-17-30)21-12-8-5-9-13-21/h4-13,19,23H,14-18,27H2,1-3H3/t23-/m1/s1. The van der Waals surface area contributed by atoms with Gasteiger partial charge >= 0.3 is 5.69 Å². The highest BCUT2D eigenvalue weighted by atomic mass is 16.2. The van der Waals surface area contributed by atoms with Gasteiger partial charge in [-0.05, 0) is 23.6 Å². The second-order valence-corrected chi connectivity index (χ2v) is 9.12. The summed E-state index contributed by atoms with van der Waals surface area (Å²) in [5.74, 6) is 0.496. The highest BCUT2D eigenvalue weighted by Gasteiger charge is 2.32. The topological polar surface area (TPSA) is 76.5 Å². The minimum Gasteiger partial charge on any atom is -0.385 e. The minimum absolute atomic E-state index is 0.222. The Morgan fingerprint density at radius 2 is 1.45 bits per heavy atom. The molecule has 2 aromatic carbocycles. The molecule has 1 atom stereocenters. The molecule has 2 heterocycles. The van der Waals surface area contributed by atoms with Crippen molar-refractivity contribution in [2.45, 2.75) is 26.4 Å². The summed E-state index contributed by atoms with van der Waals surface area (Å²) in [4.78, 5) is 31.0. The summed E-state index contributed by atoms with van der Waals surface area (Å²) in [5.41, 5.74) is 8.58. The van der Waals surface area contributed by atoms with Gasteiger partial charge in [0.25, 0.3) is 5.56 Å². The van der Waals surface area contributed by atoms with Crippen molar-refractivity contribution in [2.75, 3.05) is 36.8 Å². The monoisotopic (exact) mass is 447 g/mol. The number of hydrogen-bond donors (Lipinski definition) is 1. The van der Waals surface area contributed by atoms with Crippen molar-refractivity contribution in [3.63, 3.8) is 0 Å². The molecule has 33 heavy (non-hydrogen) atoms. The van der Waals surface area contributed by atoms with Crippen molar-refractivity contribution in [1.82, 2.24) is 14.0 Å². The molecule has 1 fully saturated rings. The van der Waals surface area contributed by atoms with Crippen molar-refractivity contribution < 1.29 is 0 Å². The van der Waals surface area contributed by atoms with E-state index in [-0.39, 0.29) is 29.0 Å². The van der Waals surface area contributed by atoms with Crippen LogP contribution in [-0.4, -0.2) is 40.2 Å². The van der Waals surface area contributed by atoms with E-state index in [4.69, 9.17) is 5.73 Å². The molecule has 0 bridgehead atoms. The normalized spacial score (nSPS) is 15.7. The van der Waals surface area contributed by atoms with E-state index in [1.807, 2.05) is 50.2 Å². The zero-order chi connectivity index (χ0) is 23.5. The Morgan fingerprint density at radius 3 is 2.03 bits per heavy atom. The molecule has 2 N–H and O–H groups in total. The summed E-state index contributed by atoms with van der Waals surface area (Å²) >= 11 is 0. The van der Waals surface area contributed by atoms with E-state index in [9.17, 15) is 9.59 Å². The van der Waals surface area contributed by atoms with Gasteiger partial charge in [0.15, 0.2) is 0 Å². The lowest BCUT2D eigenvalue weighted by molar-refractivity contribution is 0.210. The molecular formula is C26H33N5O2. The molecule has 0 unspecified atom stereocenters. The fourth-order valence-corrected chi connectivity index (χ4v) is 4.68. The number of benzene rings is 2. The summed E-state index contributed by atoms with van der Waals surface area (Å²) in [6, 6.07) is 20.1. The zero-order valence-electron chi connectivity index (χ0n) is 19.6. The molecule has 0 spiro atoms. The SMILES string of the molecule is CC(C)Cn1c(N)c([C@@H](c2ccccc2)N2CCN(c3ccccc3)CC2)c(=O)n(C)c1=O. The molecule has 0 aliphatic carbocycles. The number of anilines is 2. The predicted molar refractivity (Wildman–Crippen MR) is 134 cm³/mol. The number of hydrogen-bond acceptors (Lipinski definition) is 5. The van der Waals surface area contributed by atoms with Crippen molar-refractivity contribution >= 4 is 11.5 Å². The van der Waals surface area contributed by atoms with Crippen LogP contribution in [0.3, 0.4) is 0 Å². The molecule has 0 amide bonds. The Bertz CT molecular complexity index is 1190. The fraction of sp³-hybridized carbons (Fsp3) is 0.385. The molecule has 1 saturated heterocycles. The van der Waals surface area contributed by atoms with Gasteiger partial charge in [-0.15, -0.1) is 0 Å². The van der Waals surface area contributed by atoms with Gasteiger partial charge in [0.05, 0.1) is 11.6 Å². The third kappa shape index (κ3) is 4.59. The van der Waals surface area contributed by atoms with E-state index < -0.39 is 0 Å². The highest BCUT2D eigenvalue weighted by molar-refractivity contribution is 5.48. The van der Waals surface area contributed by atoms with Gasteiger partial charge in [-0.2, -0.15) is 0 Å². The number of nitrogen functional groups attached to an aromatic ring is 1. The smallest absolute Gasteiger partial charge is 0.332 e. The number of piperazine rings is 1. The number of aromatic nitrogens is 2. The van der Waals surface area contributed by atoms with Crippen LogP contribution in [0.1, 0.15) is 31.0 Å². The second-order valence-electron chi connectivity index (χ2n) is 9.12. The number of nitrogens with two attached hydrogens (primary N) is 1. The van der Waals surface area contributed by atoms with Gasteiger partial charge in [0.2, 0.25) is 0 Å². The lowest BCUT2D eigenvalue weighted by atomic mass is 9.97. The fourth-order valence-electron chi connectivity index (χ4n) is 4.68. The molecule has 1 aliphatic rings.